The summed E-state index contributed by atoms with van der Waals surface area (Å²) in [5.74, 6) is 0.0711. The summed E-state index contributed by atoms with van der Waals surface area (Å²) in [6.45, 7) is 1.36. The minimum atomic E-state index is -4.25. The molecule has 0 amide bonds. The van der Waals surface area contributed by atoms with E-state index in [1.54, 1.807) is 0 Å². The Morgan fingerprint density at radius 2 is 2.25 bits per heavy atom. The molecule has 1 N–H and O–H groups in total. The fourth-order valence-electron chi connectivity index (χ4n) is 1.16. The molecule has 1 atom stereocenters. The molecule has 0 spiro atoms. The second kappa shape index (κ2) is 4.79. The first-order valence-electron chi connectivity index (χ1n) is 4.47. The number of aromatic nitrogens is 2. The van der Waals surface area contributed by atoms with Crippen LogP contribution in [0.5, 0.6) is 0 Å². The highest BCUT2D eigenvalue weighted by molar-refractivity contribution is 5.50. The Labute approximate surface area is 90.1 Å². The molecule has 0 saturated carbocycles. The van der Waals surface area contributed by atoms with E-state index >= 15 is 0 Å². The first-order valence-corrected chi connectivity index (χ1v) is 4.47. The number of halogens is 3. The van der Waals surface area contributed by atoms with Crippen molar-refractivity contribution in [1.82, 2.24) is 10.2 Å². The molecule has 0 aliphatic rings. The standard InChI is InChI=1S/C9H9F3N4/c1-6(4-9(10,11)12)15-8-7(5-13)2-3-14-16-8/h2-3,6H,4H2,1H3,(H,15,16). The maximum absolute atomic E-state index is 12.1. The normalized spacial score (nSPS) is 12.9. The third-order valence-corrected chi connectivity index (χ3v) is 1.76. The SMILES string of the molecule is CC(CC(F)(F)F)Nc1nnccc1C#N. The number of anilines is 1. The van der Waals surface area contributed by atoms with E-state index in [1.807, 2.05) is 6.07 Å². The number of hydrogen-bond donors (Lipinski definition) is 1. The van der Waals surface area contributed by atoms with E-state index < -0.39 is 18.6 Å². The van der Waals surface area contributed by atoms with Gasteiger partial charge in [-0.25, -0.2) is 0 Å². The number of alkyl halides is 3. The Kier molecular flexibility index (Phi) is 3.66. The van der Waals surface area contributed by atoms with Crippen LogP contribution in [0.3, 0.4) is 0 Å². The maximum atomic E-state index is 12.1. The number of hydrogen-bond acceptors (Lipinski definition) is 4. The molecular formula is C9H9F3N4. The first kappa shape index (κ1) is 12.2. The molecule has 1 heterocycles. The molecule has 1 aromatic heterocycles. The summed E-state index contributed by atoms with van der Waals surface area (Å²) in [7, 11) is 0. The minimum absolute atomic E-state index is 0.0711. The van der Waals surface area contributed by atoms with E-state index in [0.29, 0.717) is 0 Å². The topological polar surface area (TPSA) is 61.6 Å². The molecule has 7 heteroatoms. The molecule has 1 unspecified atom stereocenters. The zero-order valence-corrected chi connectivity index (χ0v) is 8.41. The molecule has 4 nitrogen and oxygen atoms in total. The lowest BCUT2D eigenvalue weighted by Crippen LogP contribution is -2.24. The van der Waals surface area contributed by atoms with Gasteiger partial charge in [0.15, 0.2) is 5.82 Å². The van der Waals surface area contributed by atoms with Crippen LogP contribution < -0.4 is 5.32 Å². The van der Waals surface area contributed by atoms with Crippen molar-refractivity contribution in [3.05, 3.63) is 17.8 Å². The van der Waals surface area contributed by atoms with E-state index in [4.69, 9.17) is 5.26 Å². The highest BCUT2D eigenvalue weighted by Crippen LogP contribution is 2.23. The van der Waals surface area contributed by atoms with Gasteiger partial charge in [0, 0.05) is 6.04 Å². The van der Waals surface area contributed by atoms with Crippen molar-refractivity contribution in [3.8, 4) is 6.07 Å². The minimum Gasteiger partial charge on any atom is -0.365 e. The number of nitrogens with one attached hydrogen (secondary N) is 1. The molecule has 0 saturated heterocycles. The van der Waals surface area contributed by atoms with Crippen LogP contribution >= 0.6 is 0 Å². The van der Waals surface area contributed by atoms with Crippen LogP contribution in [0.15, 0.2) is 12.3 Å². The van der Waals surface area contributed by atoms with Crippen molar-refractivity contribution in [2.75, 3.05) is 5.32 Å². The molecule has 86 valence electrons. The quantitative estimate of drug-likeness (QED) is 0.863. The van der Waals surface area contributed by atoms with Gasteiger partial charge in [-0.05, 0) is 13.0 Å². The largest absolute Gasteiger partial charge is 0.391 e. The fourth-order valence-corrected chi connectivity index (χ4v) is 1.16. The van der Waals surface area contributed by atoms with Crippen LogP contribution in [0.4, 0.5) is 19.0 Å². The van der Waals surface area contributed by atoms with Gasteiger partial charge in [0.05, 0.1) is 18.2 Å². The summed E-state index contributed by atoms with van der Waals surface area (Å²) in [5.41, 5.74) is 0.170. The van der Waals surface area contributed by atoms with Gasteiger partial charge in [0.1, 0.15) is 6.07 Å². The van der Waals surface area contributed by atoms with Crippen molar-refractivity contribution in [1.29, 1.82) is 5.26 Å². The Bertz CT molecular complexity index is 396. The van der Waals surface area contributed by atoms with Crippen molar-refractivity contribution < 1.29 is 13.2 Å². The molecule has 16 heavy (non-hydrogen) atoms. The highest BCUT2D eigenvalue weighted by atomic mass is 19.4. The van der Waals surface area contributed by atoms with Gasteiger partial charge >= 0.3 is 6.18 Å². The lowest BCUT2D eigenvalue weighted by molar-refractivity contribution is -0.136. The van der Waals surface area contributed by atoms with Gasteiger partial charge in [0.25, 0.3) is 0 Å². The van der Waals surface area contributed by atoms with E-state index in [9.17, 15) is 13.2 Å². The van der Waals surface area contributed by atoms with Gasteiger partial charge in [-0.3, -0.25) is 0 Å². The van der Waals surface area contributed by atoms with Crippen LogP contribution in [0.2, 0.25) is 0 Å². The fraction of sp³-hybridized carbons (Fsp3) is 0.444. The van der Waals surface area contributed by atoms with Crippen molar-refractivity contribution in [2.45, 2.75) is 25.6 Å². The van der Waals surface area contributed by atoms with Crippen LogP contribution in [0.25, 0.3) is 0 Å². The zero-order chi connectivity index (χ0) is 12.2. The number of nitriles is 1. The molecule has 0 aromatic carbocycles. The van der Waals surface area contributed by atoms with Crippen LogP contribution in [0.1, 0.15) is 18.9 Å². The zero-order valence-electron chi connectivity index (χ0n) is 8.41. The molecule has 0 aliphatic carbocycles. The van der Waals surface area contributed by atoms with E-state index in [0.717, 1.165) is 0 Å². The summed E-state index contributed by atoms with van der Waals surface area (Å²) < 4.78 is 36.2. The lowest BCUT2D eigenvalue weighted by atomic mass is 10.2. The summed E-state index contributed by atoms with van der Waals surface area (Å²) in [4.78, 5) is 0. The molecular weight excluding hydrogens is 221 g/mol. The van der Waals surface area contributed by atoms with Crippen molar-refractivity contribution >= 4 is 5.82 Å². The average molecular weight is 230 g/mol. The molecule has 0 radical (unpaired) electrons. The average Bonchev–Trinajstić information content (AvgIpc) is 2.15. The summed E-state index contributed by atoms with van der Waals surface area (Å²) in [6.07, 6.45) is -3.94. The van der Waals surface area contributed by atoms with Gasteiger partial charge in [-0.1, -0.05) is 0 Å². The Hall–Kier alpha value is -1.84. The summed E-state index contributed by atoms with van der Waals surface area (Å²) in [6, 6.07) is 2.34. The summed E-state index contributed by atoms with van der Waals surface area (Å²) in [5, 5.41) is 18.3. The molecule has 1 aromatic rings. The van der Waals surface area contributed by atoms with E-state index in [2.05, 4.69) is 15.5 Å². The third-order valence-electron chi connectivity index (χ3n) is 1.76. The van der Waals surface area contributed by atoms with Gasteiger partial charge in [-0.15, -0.1) is 5.10 Å². The van der Waals surface area contributed by atoms with Crippen molar-refractivity contribution in [2.24, 2.45) is 0 Å². The molecule has 0 aliphatic heterocycles. The predicted molar refractivity (Wildman–Crippen MR) is 50.5 cm³/mol. The second-order valence-electron chi connectivity index (χ2n) is 3.27. The Morgan fingerprint density at radius 3 is 2.81 bits per heavy atom. The van der Waals surface area contributed by atoms with Gasteiger partial charge in [-0.2, -0.15) is 23.5 Å². The predicted octanol–water partition coefficient (Wildman–Crippen LogP) is 2.10. The Morgan fingerprint density at radius 1 is 1.56 bits per heavy atom. The maximum Gasteiger partial charge on any atom is 0.391 e. The molecule has 0 bridgehead atoms. The van der Waals surface area contributed by atoms with Gasteiger partial charge in [0.2, 0.25) is 0 Å². The number of rotatable bonds is 3. The van der Waals surface area contributed by atoms with E-state index in [-0.39, 0.29) is 11.4 Å². The van der Waals surface area contributed by atoms with Crippen LogP contribution in [0, 0.1) is 11.3 Å². The Balaban J connectivity index is 2.70. The lowest BCUT2D eigenvalue weighted by Gasteiger charge is -2.16. The third kappa shape index (κ3) is 3.73. The van der Waals surface area contributed by atoms with E-state index in [1.165, 1.54) is 19.2 Å². The van der Waals surface area contributed by atoms with Gasteiger partial charge < -0.3 is 5.32 Å². The summed E-state index contributed by atoms with van der Waals surface area (Å²) >= 11 is 0. The highest BCUT2D eigenvalue weighted by Gasteiger charge is 2.30. The molecule has 0 fully saturated rings. The molecule has 1 rings (SSSR count). The van der Waals surface area contributed by atoms with Crippen molar-refractivity contribution in [3.63, 3.8) is 0 Å². The second-order valence-corrected chi connectivity index (χ2v) is 3.27. The smallest absolute Gasteiger partial charge is 0.365 e. The first-order chi connectivity index (χ1) is 7.42. The van der Waals surface area contributed by atoms with Crippen LogP contribution in [-0.2, 0) is 0 Å². The monoisotopic (exact) mass is 230 g/mol. The van der Waals surface area contributed by atoms with Crippen LogP contribution in [-0.4, -0.2) is 22.4 Å². The number of nitrogens with zero attached hydrogens (tertiary/aromatic N) is 3.